The molecule has 118 valence electrons. The zero-order chi connectivity index (χ0) is 15.4. The van der Waals surface area contributed by atoms with Gasteiger partial charge in [0, 0.05) is 51.2 Å². The van der Waals surface area contributed by atoms with Crippen molar-refractivity contribution in [2.45, 2.75) is 31.8 Å². The molecular weight excluding hydrogens is 282 g/mol. The third-order valence-electron chi connectivity index (χ3n) is 4.25. The molecule has 6 heteroatoms. The Hall–Kier alpha value is -1.95. The summed E-state index contributed by atoms with van der Waals surface area (Å²) in [7, 11) is 0. The highest BCUT2D eigenvalue weighted by atomic mass is 16.5. The Labute approximate surface area is 129 Å². The second kappa shape index (κ2) is 6.87. The van der Waals surface area contributed by atoms with Crippen molar-refractivity contribution in [2.24, 2.45) is 5.92 Å². The molecule has 0 spiro atoms. The Bertz CT molecular complexity index is 529. The molecule has 3 heterocycles. The Morgan fingerprint density at radius 2 is 2.23 bits per heavy atom. The minimum absolute atomic E-state index is 0.00561. The van der Waals surface area contributed by atoms with Gasteiger partial charge in [0.05, 0.1) is 5.92 Å². The summed E-state index contributed by atoms with van der Waals surface area (Å²) in [6.45, 7) is 2.40. The maximum absolute atomic E-state index is 12.3. The first-order chi connectivity index (χ1) is 10.7. The minimum Gasteiger partial charge on any atom is -0.381 e. The van der Waals surface area contributed by atoms with Gasteiger partial charge in [0.2, 0.25) is 11.8 Å². The van der Waals surface area contributed by atoms with E-state index in [0.717, 1.165) is 18.4 Å². The molecule has 0 saturated carbocycles. The highest BCUT2D eigenvalue weighted by Gasteiger charge is 2.35. The number of hydrogen-bond donors (Lipinski definition) is 1. The predicted molar refractivity (Wildman–Crippen MR) is 79.7 cm³/mol. The van der Waals surface area contributed by atoms with Crippen molar-refractivity contribution in [1.82, 2.24) is 15.2 Å². The summed E-state index contributed by atoms with van der Waals surface area (Å²) in [5.74, 6) is -0.211. The van der Waals surface area contributed by atoms with Crippen molar-refractivity contribution in [3.8, 4) is 0 Å². The summed E-state index contributed by atoms with van der Waals surface area (Å²) in [4.78, 5) is 30.2. The van der Waals surface area contributed by atoms with E-state index in [-0.39, 0.29) is 23.8 Å². The Morgan fingerprint density at radius 1 is 1.41 bits per heavy atom. The fourth-order valence-corrected chi connectivity index (χ4v) is 2.97. The normalized spacial score (nSPS) is 22.8. The van der Waals surface area contributed by atoms with Gasteiger partial charge in [-0.05, 0) is 24.5 Å². The lowest BCUT2D eigenvalue weighted by molar-refractivity contribution is -0.129. The van der Waals surface area contributed by atoms with Crippen LogP contribution in [-0.2, 0) is 20.9 Å². The summed E-state index contributed by atoms with van der Waals surface area (Å²) in [6, 6.07) is 3.98. The summed E-state index contributed by atoms with van der Waals surface area (Å²) in [6.07, 6.45) is 5.47. The molecular formula is C16H21N3O3. The number of rotatable bonds is 4. The van der Waals surface area contributed by atoms with Crippen LogP contribution >= 0.6 is 0 Å². The van der Waals surface area contributed by atoms with Crippen LogP contribution in [0.25, 0.3) is 0 Å². The van der Waals surface area contributed by atoms with Crippen LogP contribution in [0.5, 0.6) is 0 Å². The van der Waals surface area contributed by atoms with Gasteiger partial charge in [-0.2, -0.15) is 0 Å². The fourth-order valence-electron chi connectivity index (χ4n) is 2.97. The van der Waals surface area contributed by atoms with Gasteiger partial charge >= 0.3 is 0 Å². The second-order valence-electron chi connectivity index (χ2n) is 5.93. The lowest BCUT2D eigenvalue weighted by atomic mass is 10.0. The number of ether oxygens (including phenoxy) is 1. The monoisotopic (exact) mass is 303 g/mol. The van der Waals surface area contributed by atoms with E-state index in [0.29, 0.717) is 32.7 Å². The van der Waals surface area contributed by atoms with Crippen molar-refractivity contribution >= 4 is 11.8 Å². The number of pyridine rings is 1. The molecule has 1 unspecified atom stereocenters. The molecule has 1 N–H and O–H groups in total. The molecule has 0 aromatic carbocycles. The summed E-state index contributed by atoms with van der Waals surface area (Å²) in [5.41, 5.74) is 0.987. The van der Waals surface area contributed by atoms with Crippen LogP contribution in [0.2, 0.25) is 0 Å². The summed E-state index contributed by atoms with van der Waals surface area (Å²) >= 11 is 0. The van der Waals surface area contributed by atoms with Crippen molar-refractivity contribution in [3.63, 3.8) is 0 Å². The number of carbonyl (C=O) groups excluding carboxylic acids is 2. The fraction of sp³-hybridized carbons (Fsp3) is 0.562. The largest absolute Gasteiger partial charge is 0.381 e. The number of nitrogens with one attached hydrogen (secondary N) is 1. The Balaban J connectivity index is 1.53. The molecule has 2 aliphatic rings. The van der Waals surface area contributed by atoms with Crippen molar-refractivity contribution in [1.29, 1.82) is 0 Å². The van der Waals surface area contributed by atoms with Gasteiger partial charge in [-0.25, -0.2) is 0 Å². The van der Waals surface area contributed by atoms with Crippen LogP contribution in [0, 0.1) is 5.92 Å². The van der Waals surface area contributed by atoms with Crippen molar-refractivity contribution in [3.05, 3.63) is 30.1 Å². The molecule has 1 aromatic heterocycles. The standard InChI is InChI=1S/C16H21N3O3/c20-15-8-13(16(21)18-14-3-6-22-7-4-14)11-19(15)10-12-2-1-5-17-9-12/h1-2,5,9,13-14H,3-4,6-8,10-11H2,(H,18,21). The molecule has 2 fully saturated rings. The number of carbonyl (C=O) groups is 2. The van der Waals surface area contributed by atoms with E-state index in [9.17, 15) is 9.59 Å². The zero-order valence-electron chi connectivity index (χ0n) is 12.5. The zero-order valence-corrected chi connectivity index (χ0v) is 12.5. The topological polar surface area (TPSA) is 71.5 Å². The average Bonchev–Trinajstić information content (AvgIpc) is 2.90. The number of likely N-dealkylation sites (tertiary alicyclic amines) is 1. The number of amides is 2. The van der Waals surface area contributed by atoms with Crippen LogP contribution in [0.15, 0.2) is 24.5 Å². The van der Waals surface area contributed by atoms with Gasteiger partial charge in [-0.15, -0.1) is 0 Å². The van der Waals surface area contributed by atoms with E-state index in [1.807, 2.05) is 12.1 Å². The van der Waals surface area contributed by atoms with E-state index in [2.05, 4.69) is 10.3 Å². The smallest absolute Gasteiger partial charge is 0.225 e. The molecule has 2 aliphatic heterocycles. The van der Waals surface area contributed by atoms with Gasteiger partial charge in [0.15, 0.2) is 0 Å². The van der Waals surface area contributed by atoms with Gasteiger partial charge in [-0.3, -0.25) is 14.6 Å². The maximum atomic E-state index is 12.3. The van der Waals surface area contributed by atoms with E-state index in [4.69, 9.17) is 4.74 Å². The summed E-state index contributed by atoms with van der Waals surface area (Å²) < 4.78 is 5.29. The van der Waals surface area contributed by atoms with Crippen LogP contribution in [0.4, 0.5) is 0 Å². The first-order valence-electron chi connectivity index (χ1n) is 7.77. The third-order valence-corrected chi connectivity index (χ3v) is 4.25. The Kier molecular flexibility index (Phi) is 4.68. The predicted octanol–water partition coefficient (Wildman–Crippen LogP) is 0.725. The molecule has 2 saturated heterocycles. The summed E-state index contributed by atoms with van der Waals surface area (Å²) in [5, 5.41) is 3.06. The van der Waals surface area contributed by atoms with E-state index < -0.39 is 0 Å². The maximum Gasteiger partial charge on any atom is 0.225 e. The Morgan fingerprint density at radius 3 is 2.95 bits per heavy atom. The third kappa shape index (κ3) is 3.62. The van der Waals surface area contributed by atoms with Gasteiger partial charge in [-0.1, -0.05) is 6.07 Å². The number of hydrogen-bond acceptors (Lipinski definition) is 4. The molecule has 1 atom stereocenters. The van der Waals surface area contributed by atoms with Gasteiger partial charge < -0.3 is 15.0 Å². The van der Waals surface area contributed by atoms with Crippen molar-refractivity contribution < 1.29 is 14.3 Å². The molecule has 22 heavy (non-hydrogen) atoms. The quantitative estimate of drug-likeness (QED) is 0.890. The highest BCUT2D eigenvalue weighted by Crippen LogP contribution is 2.21. The first kappa shape index (κ1) is 15.0. The van der Waals surface area contributed by atoms with E-state index in [1.165, 1.54) is 0 Å². The van der Waals surface area contributed by atoms with Crippen LogP contribution in [-0.4, -0.2) is 47.5 Å². The molecule has 1 aromatic rings. The lowest BCUT2D eigenvalue weighted by Crippen LogP contribution is -2.42. The molecule has 2 amide bonds. The van der Waals surface area contributed by atoms with E-state index in [1.54, 1.807) is 17.3 Å². The first-order valence-corrected chi connectivity index (χ1v) is 7.77. The lowest BCUT2D eigenvalue weighted by Gasteiger charge is -2.24. The van der Waals surface area contributed by atoms with Crippen molar-refractivity contribution in [2.75, 3.05) is 19.8 Å². The highest BCUT2D eigenvalue weighted by molar-refractivity contribution is 5.89. The number of aromatic nitrogens is 1. The molecule has 0 aliphatic carbocycles. The van der Waals surface area contributed by atoms with Crippen LogP contribution in [0.1, 0.15) is 24.8 Å². The van der Waals surface area contributed by atoms with Gasteiger partial charge in [0.1, 0.15) is 0 Å². The van der Waals surface area contributed by atoms with Crippen LogP contribution in [0.3, 0.4) is 0 Å². The minimum atomic E-state index is -0.244. The van der Waals surface area contributed by atoms with Gasteiger partial charge in [0.25, 0.3) is 0 Å². The average molecular weight is 303 g/mol. The molecule has 0 bridgehead atoms. The molecule has 6 nitrogen and oxygen atoms in total. The number of nitrogens with zero attached hydrogens (tertiary/aromatic N) is 2. The van der Waals surface area contributed by atoms with Crippen LogP contribution < -0.4 is 5.32 Å². The van der Waals surface area contributed by atoms with E-state index >= 15 is 0 Å². The SMILES string of the molecule is O=C(NC1CCOCC1)C1CC(=O)N(Cc2cccnc2)C1. The molecule has 3 rings (SSSR count). The second-order valence-corrected chi connectivity index (χ2v) is 5.93. The molecule has 0 radical (unpaired) electrons.